The number of urea groups is 1. The fourth-order valence-corrected chi connectivity index (χ4v) is 4.28. The maximum absolute atomic E-state index is 12.6. The smallest absolute Gasteiger partial charge is 0.317 e. The Morgan fingerprint density at radius 2 is 1.97 bits per heavy atom. The number of benzene rings is 1. The first-order chi connectivity index (χ1) is 15.4. The number of carbonyl (C=O) groups excluding carboxylic acids is 1. The molecule has 2 aromatic heterocycles. The highest BCUT2D eigenvalue weighted by Crippen LogP contribution is 2.31. The molecule has 3 heterocycles. The van der Waals surface area contributed by atoms with E-state index < -0.39 is 0 Å². The van der Waals surface area contributed by atoms with Crippen molar-refractivity contribution in [3.05, 3.63) is 30.1 Å². The second-order valence-electron chi connectivity index (χ2n) is 9.35. The molecule has 8 heteroatoms. The number of unbranched alkanes of at least 4 members (excludes halogenated alkanes) is 1. The molecule has 32 heavy (non-hydrogen) atoms. The van der Waals surface area contributed by atoms with E-state index in [1.807, 2.05) is 23.1 Å². The number of ether oxygens (including phenoxy) is 1. The summed E-state index contributed by atoms with van der Waals surface area (Å²) in [5.41, 5.74) is 8.81. The molecule has 8 nitrogen and oxygen atoms in total. The van der Waals surface area contributed by atoms with E-state index in [4.69, 9.17) is 15.5 Å². The molecule has 3 aromatic rings. The van der Waals surface area contributed by atoms with Crippen molar-refractivity contribution >= 4 is 33.8 Å². The van der Waals surface area contributed by atoms with Crippen LogP contribution in [-0.4, -0.2) is 58.3 Å². The van der Waals surface area contributed by atoms with Gasteiger partial charge >= 0.3 is 6.03 Å². The molecule has 1 aliphatic rings. The van der Waals surface area contributed by atoms with Gasteiger partial charge in [0.2, 0.25) is 0 Å². The van der Waals surface area contributed by atoms with E-state index in [1.165, 1.54) is 0 Å². The summed E-state index contributed by atoms with van der Waals surface area (Å²) < 4.78 is 7.65. The van der Waals surface area contributed by atoms with Crippen LogP contribution in [0.4, 0.5) is 10.6 Å². The van der Waals surface area contributed by atoms with Gasteiger partial charge in [-0.15, -0.1) is 0 Å². The van der Waals surface area contributed by atoms with Gasteiger partial charge in [0.1, 0.15) is 11.3 Å². The van der Waals surface area contributed by atoms with E-state index in [9.17, 15) is 4.79 Å². The van der Waals surface area contributed by atoms with Gasteiger partial charge in [0.05, 0.1) is 24.2 Å². The number of nitrogens with zero attached hydrogens (tertiary/aromatic N) is 4. The molecule has 3 N–H and O–H groups in total. The standard InChI is InChI=1S/C24H34N6O2/c1-4-5-10-19-28-20-21(17-8-6-7-9-18(17)27-22(20)25)30(19)16-24(2,3)15-26-23(31)29-11-13-32-14-12-29/h6-9H,4-5,10-16H2,1-3H3,(H2,25,27)(H,26,31). The number of nitrogen functional groups attached to an aromatic ring is 1. The van der Waals surface area contributed by atoms with Crippen molar-refractivity contribution in [3.63, 3.8) is 0 Å². The third-order valence-corrected chi connectivity index (χ3v) is 6.05. The van der Waals surface area contributed by atoms with Gasteiger partial charge in [-0.2, -0.15) is 0 Å². The van der Waals surface area contributed by atoms with Crippen molar-refractivity contribution in [2.75, 3.05) is 38.6 Å². The van der Waals surface area contributed by atoms with Crippen LogP contribution in [0.2, 0.25) is 0 Å². The largest absolute Gasteiger partial charge is 0.382 e. The minimum Gasteiger partial charge on any atom is -0.382 e. The zero-order valence-corrected chi connectivity index (χ0v) is 19.4. The first-order valence-electron chi connectivity index (χ1n) is 11.5. The van der Waals surface area contributed by atoms with E-state index >= 15 is 0 Å². The number of carbonyl (C=O) groups is 1. The quantitative estimate of drug-likeness (QED) is 0.588. The number of nitrogens with one attached hydrogen (secondary N) is 1. The number of pyridine rings is 1. The summed E-state index contributed by atoms with van der Waals surface area (Å²) in [6, 6.07) is 8.05. The Labute approximate surface area is 189 Å². The number of amides is 2. The van der Waals surface area contributed by atoms with Crippen molar-refractivity contribution in [2.24, 2.45) is 5.41 Å². The Hall–Kier alpha value is -2.87. The number of anilines is 1. The lowest BCUT2D eigenvalue weighted by Crippen LogP contribution is -2.48. The third-order valence-electron chi connectivity index (χ3n) is 6.05. The van der Waals surface area contributed by atoms with Crippen LogP contribution >= 0.6 is 0 Å². The number of fused-ring (bicyclic) bond motifs is 3. The fourth-order valence-electron chi connectivity index (χ4n) is 4.28. The van der Waals surface area contributed by atoms with Crippen LogP contribution in [0.1, 0.15) is 39.4 Å². The molecule has 1 saturated heterocycles. The lowest BCUT2D eigenvalue weighted by atomic mass is 9.93. The second-order valence-corrected chi connectivity index (χ2v) is 9.35. The highest BCUT2D eigenvalue weighted by atomic mass is 16.5. The summed E-state index contributed by atoms with van der Waals surface area (Å²) in [6.07, 6.45) is 3.04. The van der Waals surface area contributed by atoms with Gasteiger partial charge in [-0.1, -0.05) is 45.4 Å². The zero-order valence-electron chi connectivity index (χ0n) is 19.4. The van der Waals surface area contributed by atoms with Gasteiger partial charge in [-0.3, -0.25) is 0 Å². The summed E-state index contributed by atoms with van der Waals surface area (Å²) in [6.45, 7) is 10.3. The van der Waals surface area contributed by atoms with E-state index in [0.29, 0.717) is 38.7 Å². The lowest BCUT2D eigenvalue weighted by Gasteiger charge is -2.31. The Bertz CT molecular complexity index is 1100. The molecule has 172 valence electrons. The number of aromatic nitrogens is 3. The molecular formula is C24H34N6O2. The van der Waals surface area contributed by atoms with Gasteiger partial charge in [-0.05, 0) is 12.5 Å². The van der Waals surface area contributed by atoms with Crippen LogP contribution in [0.5, 0.6) is 0 Å². The molecule has 2 amide bonds. The molecule has 1 aromatic carbocycles. The predicted molar refractivity (Wildman–Crippen MR) is 128 cm³/mol. The van der Waals surface area contributed by atoms with E-state index in [0.717, 1.165) is 53.6 Å². The minimum absolute atomic E-state index is 0.0260. The normalized spacial score (nSPS) is 14.9. The summed E-state index contributed by atoms with van der Waals surface area (Å²) in [5, 5.41) is 4.18. The minimum atomic E-state index is -0.185. The first-order valence-corrected chi connectivity index (χ1v) is 11.5. The van der Waals surface area contributed by atoms with Crippen LogP contribution in [0.3, 0.4) is 0 Å². The van der Waals surface area contributed by atoms with Crippen molar-refractivity contribution in [2.45, 2.75) is 46.6 Å². The molecule has 0 radical (unpaired) electrons. The number of nitrogens with two attached hydrogens (primary N) is 1. The SMILES string of the molecule is CCCCc1nc2c(N)nc3ccccc3c2n1CC(C)(C)CNC(=O)N1CCOCC1. The van der Waals surface area contributed by atoms with Gasteiger partial charge < -0.3 is 25.3 Å². The predicted octanol–water partition coefficient (Wildman–Crippen LogP) is 3.58. The average molecular weight is 439 g/mol. The highest BCUT2D eigenvalue weighted by Gasteiger charge is 2.26. The van der Waals surface area contributed by atoms with Crippen LogP contribution in [0.15, 0.2) is 24.3 Å². The van der Waals surface area contributed by atoms with Gasteiger partial charge in [0.25, 0.3) is 0 Å². The third kappa shape index (κ3) is 4.65. The second kappa shape index (κ2) is 9.32. The maximum Gasteiger partial charge on any atom is 0.317 e. The molecule has 1 aliphatic heterocycles. The fraction of sp³-hybridized carbons (Fsp3) is 0.542. The number of rotatable bonds is 7. The highest BCUT2D eigenvalue weighted by molar-refractivity contribution is 6.06. The molecule has 0 atom stereocenters. The number of imidazole rings is 1. The number of aryl methyl sites for hydroxylation is 1. The van der Waals surface area contributed by atoms with Crippen molar-refractivity contribution in [1.82, 2.24) is 24.8 Å². The number of hydrogen-bond acceptors (Lipinski definition) is 5. The molecule has 0 aliphatic carbocycles. The number of para-hydroxylation sites is 1. The monoisotopic (exact) mass is 438 g/mol. The summed E-state index contributed by atoms with van der Waals surface area (Å²) in [5.74, 6) is 1.49. The van der Waals surface area contributed by atoms with Crippen LogP contribution in [0.25, 0.3) is 21.9 Å². The topological polar surface area (TPSA) is 98.3 Å². The molecule has 0 spiro atoms. The van der Waals surface area contributed by atoms with E-state index in [1.54, 1.807) is 0 Å². The summed E-state index contributed by atoms with van der Waals surface area (Å²) in [7, 11) is 0. The number of morpholine rings is 1. The van der Waals surface area contributed by atoms with Gasteiger partial charge in [0, 0.05) is 43.4 Å². The van der Waals surface area contributed by atoms with Crippen LogP contribution in [-0.2, 0) is 17.7 Å². The molecule has 0 bridgehead atoms. The zero-order chi connectivity index (χ0) is 22.7. The summed E-state index contributed by atoms with van der Waals surface area (Å²) in [4.78, 5) is 23.9. The molecular weight excluding hydrogens is 404 g/mol. The average Bonchev–Trinajstić information content (AvgIpc) is 3.15. The molecule has 1 fully saturated rings. The van der Waals surface area contributed by atoms with E-state index in [-0.39, 0.29) is 11.4 Å². The Morgan fingerprint density at radius 3 is 2.72 bits per heavy atom. The van der Waals surface area contributed by atoms with E-state index in [2.05, 4.69) is 41.7 Å². The van der Waals surface area contributed by atoms with Crippen molar-refractivity contribution in [1.29, 1.82) is 0 Å². The Kier molecular flexibility index (Phi) is 6.50. The first kappa shape index (κ1) is 22.3. The van der Waals surface area contributed by atoms with Crippen LogP contribution < -0.4 is 11.1 Å². The Balaban J connectivity index is 1.64. The van der Waals surface area contributed by atoms with Crippen molar-refractivity contribution in [3.8, 4) is 0 Å². The van der Waals surface area contributed by atoms with Gasteiger partial charge in [0.15, 0.2) is 5.82 Å². The molecule has 0 unspecified atom stereocenters. The molecule has 4 rings (SSSR count). The maximum atomic E-state index is 12.6. The lowest BCUT2D eigenvalue weighted by molar-refractivity contribution is 0.0525. The Morgan fingerprint density at radius 1 is 1.22 bits per heavy atom. The summed E-state index contributed by atoms with van der Waals surface area (Å²) >= 11 is 0. The van der Waals surface area contributed by atoms with Crippen molar-refractivity contribution < 1.29 is 9.53 Å². The molecule has 0 saturated carbocycles. The van der Waals surface area contributed by atoms with Gasteiger partial charge in [-0.25, -0.2) is 14.8 Å². The van der Waals surface area contributed by atoms with Crippen LogP contribution in [0, 0.1) is 5.41 Å². The number of hydrogen-bond donors (Lipinski definition) is 2.